The van der Waals surface area contributed by atoms with Crippen molar-refractivity contribution in [3.05, 3.63) is 0 Å². The van der Waals surface area contributed by atoms with Gasteiger partial charge in [0.1, 0.15) is 6.61 Å². The van der Waals surface area contributed by atoms with Crippen LogP contribution in [0.5, 0.6) is 0 Å². The lowest BCUT2D eigenvalue weighted by atomic mass is 9.96. The first kappa shape index (κ1) is 15.0. The Balaban J connectivity index is 2.34. The Labute approximate surface area is 108 Å². The van der Waals surface area contributed by atoms with Crippen LogP contribution in [0.1, 0.15) is 33.1 Å². The van der Waals surface area contributed by atoms with Gasteiger partial charge in [-0.05, 0) is 26.7 Å². The zero-order valence-electron chi connectivity index (χ0n) is 11.3. The fraction of sp³-hybridized carbons (Fsp3) is 0.846. The molecule has 1 rings (SSSR count). The molecule has 0 aromatic heterocycles. The number of methoxy groups -OCH3 is 1. The van der Waals surface area contributed by atoms with Crippen LogP contribution in [0.3, 0.4) is 0 Å². The van der Waals surface area contributed by atoms with Crippen LogP contribution in [-0.4, -0.2) is 38.4 Å². The Morgan fingerprint density at radius 3 is 2.28 bits per heavy atom. The number of carbonyl (C=O) groups excluding carboxylic acids is 2. The maximum absolute atomic E-state index is 11.8. The average molecular weight is 258 g/mol. The van der Waals surface area contributed by atoms with Crippen LogP contribution in [0.15, 0.2) is 0 Å². The minimum absolute atomic E-state index is 0.123. The minimum atomic E-state index is -0.350. The molecule has 5 nitrogen and oxygen atoms in total. The summed E-state index contributed by atoms with van der Waals surface area (Å²) in [5, 5.41) is 0. The largest absolute Gasteiger partial charge is 0.469 e. The molecule has 0 aromatic rings. The summed E-state index contributed by atoms with van der Waals surface area (Å²) in [4.78, 5) is 23.3. The van der Waals surface area contributed by atoms with E-state index in [0.29, 0.717) is 19.4 Å². The fourth-order valence-electron chi connectivity index (χ4n) is 2.21. The Kier molecular flexibility index (Phi) is 6.12. The molecule has 0 saturated heterocycles. The van der Waals surface area contributed by atoms with Crippen molar-refractivity contribution in [2.75, 3.05) is 20.3 Å². The van der Waals surface area contributed by atoms with E-state index >= 15 is 0 Å². The van der Waals surface area contributed by atoms with Crippen LogP contribution in [0.25, 0.3) is 0 Å². The third-order valence-electron chi connectivity index (χ3n) is 3.10. The maximum atomic E-state index is 11.8. The summed E-state index contributed by atoms with van der Waals surface area (Å²) >= 11 is 0. The number of rotatable bonds is 6. The Morgan fingerprint density at radius 2 is 1.72 bits per heavy atom. The Morgan fingerprint density at radius 1 is 1.11 bits per heavy atom. The predicted octanol–water partition coefficient (Wildman–Crippen LogP) is 1.54. The molecule has 104 valence electrons. The first-order valence-electron chi connectivity index (χ1n) is 6.42. The average Bonchev–Trinajstić information content (AvgIpc) is 2.82. The van der Waals surface area contributed by atoms with Gasteiger partial charge in [0.15, 0.2) is 0 Å². The van der Waals surface area contributed by atoms with E-state index in [2.05, 4.69) is 0 Å². The van der Waals surface area contributed by atoms with Crippen LogP contribution < -0.4 is 0 Å². The van der Waals surface area contributed by atoms with Gasteiger partial charge in [0.25, 0.3) is 0 Å². The topological polar surface area (TPSA) is 61.8 Å². The van der Waals surface area contributed by atoms with E-state index in [9.17, 15) is 9.59 Å². The van der Waals surface area contributed by atoms with Gasteiger partial charge in [0.05, 0.1) is 31.7 Å². The summed E-state index contributed by atoms with van der Waals surface area (Å²) in [6.45, 7) is 4.47. The highest BCUT2D eigenvalue weighted by atomic mass is 16.6. The van der Waals surface area contributed by atoms with Gasteiger partial charge in [-0.15, -0.1) is 0 Å². The van der Waals surface area contributed by atoms with Crippen LogP contribution >= 0.6 is 0 Å². The highest BCUT2D eigenvalue weighted by Crippen LogP contribution is 2.33. The van der Waals surface area contributed by atoms with Gasteiger partial charge in [0, 0.05) is 0 Å². The van der Waals surface area contributed by atoms with E-state index in [4.69, 9.17) is 14.2 Å². The predicted molar refractivity (Wildman–Crippen MR) is 64.9 cm³/mol. The zero-order valence-corrected chi connectivity index (χ0v) is 11.3. The number of hydrogen-bond acceptors (Lipinski definition) is 5. The Hall–Kier alpha value is -1.10. The molecule has 0 heterocycles. The van der Waals surface area contributed by atoms with E-state index in [0.717, 1.165) is 6.42 Å². The summed E-state index contributed by atoms with van der Waals surface area (Å²) in [6, 6.07) is 0. The normalized spacial score (nSPS) is 23.1. The fourth-order valence-corrected chi connectivity index (χ4v) is 2.21. The first-order valence-corrected chi connectivity index (χ1v) is 6.42. The van der Waals surface area contributed by atoms with E-state index in [1.54, 1.807) is 0 Å². The highest BCUT2D eigenvalue weighted by Gasteiger charge is 2.39. The van der Waals surface area contributed by atoms with Crippen molar-refractivity contribution in [3.8, 4) is 0 Å². The van der Waals surface area contributed by atoms with Crippen molar-refractivity contribution >= 4 is 11.9 Å². The second kappa shape index (κ2) is 7.36. The SMILES string of the molecule is COC(=O)C1CCCC1C(=O)OCCOC(C)C. The second-order valence-electron chi connectivity index (χ2n) is 4.75. The molecule has 1 fully saturated rings. The molecule has 1 saturated carbocycles. The van der Waals surface area contributed by atoms with Crippen molar-refractivity contribution in [2.45, 2.75) is 39.2 Å². The monoisotopic (exact) mass is 258 g/mol. The number of ether oxygens (including phenoxy) is 3. The van der Waals surface area contributed by atoms with Crippen LogP contribution in [0, 0.1) is 11.8 Å². The number of carbonyl (C=O) groups is 2. The molecule has 0 aromatic carbocycles. The molecule has 0 spiro atoms. The molecule has 1 aliphatic rings. The van der Waals surface area contributed by atoms with E-state index in [1.807, 2.05) is 13.8 Å². The number of hydrogen-bond donors (Lipinski definition) is 0. The maximum Gasteiger partial charge on any atom is 0.309 e. The van der Waals surface area contributed by atoms with Gasteiger partial charge in [0.2, 0.25) is 0 Å². The molecule has 2 atom stereocenters. The van der Waals surface area contributed by atoms with Crippen molar-refractivity contribution < 1.29 is 23.8 Å². The van der Waals surface area contributed by atoms with Gasteiger partial charge >= 0.3 is 11.9 Å². The summed E-state index contributed by atoms with van der Waals surface area (Å²) in [6.07, 6.45) is 2.39. The lowest BCUT2D eigenvalue weighted by Gasteiger charge is -2.16. The van der Waals surface area contributed by atoms with Crippen molar-refractivity contribution in [1.82, 2.24) is 0 Å². The molecule has 18 heavy (non-hydrogen) atoms. The lowest BCUT2D eigenvalue weighted by Crippen LogP contribution is -2.28. The minimum Gasteiger partial charge on any atom is -0.469 e. The lowest BCUT2D eigenvalue weighted by molar-refractivity contribution is -0.159. The molecular formula is C13H22O5. The summed E-state index contributed by atoms with van der Waals surface area (Å²) in [5.41, 5.74) is 0. The van der Waals surface area contributed by atoms with Gasteiger partial charge in [-0.25, -0.2) is 0 Å². The summed E-state index contributed by atoms with van der Waals surface area (Å²) in [5.74, 6) is -1.31. The van der Waals surface area contributed by atoms with E-state index in [-0.39, 0.29) is 36.5 Å². The molecule has 0 amide bonds. The third-order valence-corrected chi connectivity index (χ3v) is 3.10. The van der Waals surface area contributed by atoms with Gasteiger partial charge in [-0.2, -0.15) is 0 Å². The van der Waals surface area contributed by atoms with Crippen LogP contribution in [0.2, 0.25) is 0 Å². The van der Waals surface area contributed by atoms with Crippen LogP contribution in [-0.2, 0) is 23.8 Å². The molecule has 5 heteroatoms. The molecule has 0 radical (unpaired) electrons. The van der Waals surface area contributed by atoms with Crippen molar-refractivity contribution in [3.63, 3.8) is 0 Å². The molecule has 1 aliphatic carbocycles. The second-order valence-corrected chi connectivity index (χ2v) is 4.75. The standard InChI is InChI=1S/C13H22O5/c1-9(2)17-7-8-18-13(15)11-6-4-5-10(11)12(14)16-3/h9-11H,4-8H2,1-3H3. The Bertz CT molecular complexity index is 287. The van der Waals surface area contributed by atoms with E-state index in [1.165, 1.54) is 7.11 Å². The van der Waals surface area contributed by atoms with E-state index < -0.39 is 0 Å². The quantitative estimate of drug-likeness (QED) is 0.534. The van der Waals surface area contributed by atoms with Gasteiger partial charge in [-0.1, -0.05) is 6.42 Å². The molecule has 0 aliphatic heterocycles. The van der Waals surface area contributed by atoms with Crippen molar-refractivity contribution in [2.24, 2.45) is 11.8 Å². The van der Waals surface area contributed by atoms with Crippen LogP contribution in [0.4, 0.5) is 0 Å². The summed E-state index contributed by atoms with van der Waals surface area (Å²) in [7, 11) is 1.35. The molecule has 2 unspecified atom stereocenters. The first-order chi connectivity index (χ1) is 8.56. The third kappa shape index (κ3) is 4.29. The van der Waals surface area contributed by atoms with Gasteiger partial charge in [-0.3, -0.25) is 9.59 Å². The zero-order chi connectivity index (χ0) is 13.5. The summed E-state index contributed by atoms with van der Waals surface area (Å²) < 4.78 is 15.1. The highest BCUT2D eigenvalue weighted by molar-refractivity contribution is 5.82. The molecule has 0 bridgehead atoms. The molecular weight excluding hydrogens is 236 g/mol. The van der Waals surface area contributed by atoms with Gasteiger partial charge < -0.3 is 14.2 Å². The smallest absolute Gasteiger partial charge is 0.309 e. The number of esters is 2. The molecule has 0 N–H and O–H groups in total. The van der Waals surface area contributed by atoms with Crippen molar-refractivity contribution in [1.29, 1.82) is 0 Å².